The lowest BCUT2D eigenvalue weighted by Gasteiger charge is -2.35. The molecule has 0 bridgehead atoms. The Kier molecular flexibility index (Phi) is 4.56. The summed E-state index contributed by atoms with van der Waals surface area (Å²) in [5.74, 6) is 0.945. The van der Waals surface area contributed by atoms with Gasteiger partial charge in [-0.3, -0.25) is 9.78 Å². The van der Waals surface area contributed by atoms with Gasteiger partial charge in [0.1, 0.15) is 5.69 Å². The number of aromatic nitrogens is 1. The molecule has 0 radical (unpaired) electrons. The molecule has 1 aliphatic carbocycles. The van der Waals surface area contributed by atoms with Crippen LogP contribution < -0.4 is 4.90 Å². The predicted molar refractivity (Wildman–Crippen MR) is 78.7 cm³/mol. The highest BCUT2D eigenvalue weighted by molar-refractivity contribution is 5.92. The number of ketones is 1. The SMILES string of the molecule is CCC1CCC(N(C)c2ccc(C(C)=O)nc2)CC1. The van der Waals surface area contributed by atoms with Crippen LogP contribution >= 0.6 is 0 Å². The molecule has 3 nitrogen and oxygen atoms in total. The number of nitrogens with zero attached hydrogens (tertiary/aromatic N) is 2. The zero-order valence-electron chi connectivity index (χ0n) is 12.2. The molecule has 104 valence electrons. The molecule has 2 rings (SSSR count). The van der Waals surface area contributed by atoms with Crippen molar-refractivity contribution in [1.29, 1.82) is 0 Å². The molecule has 1 heterocycles. The van der Waals surface area contributed by atoms with E-state index >= 15 is 0 Å². The third-order valence-corrected chi connectivity index (χ3v) is 4.46. The van der Waals surface area contributed by atoms with Crippen LogP contribution in [0.4, 0.5) is 5.69 Å². The van der Waals surface area contributed by atoms with E-state index in [4.69, 9.17) is 0 Å². The van der Waals surface area contributed by atoms with Crippen LogP contribution in [0.2, 0.25) is 0 Å². The molecule has 1 fully saturated rings. The summed E-state index contributed by atoms with van der Waals surface area (Å²) in [6, 6.07) is 4.45. The van der Waals surface area contributed by atoms with E-state index in [9.17, 15) is 4.79 Å². The summed E-state index contributed by atoms with van der Waals surface area (Å²) in [6.07, 6.45) is 8.34. The minimum atomic E-state index is 0.0256. The van der Waals surface area contributed by atoms with Crippen molar-refractivity contribution in [2.45, 2.75) is 52.0 Å². The Morgan fingerprint density at radius 3 is 2.47 bits per heavy atom. The van der Waals surface area contributed by atoms with Crippen LogP contribution in [-0.4, -0.2) is 23.9 Å². The van der Waals surface area contributed by atoms with Gasteiger partial charge in [0.2, 0.25) is 0 Å². The third-order valence-electron chi connectivity index (χ3n) is 4.46. The third kappa shape index (κ3) is 3.34. The summed E-state index contributed by atoms with van der Waals surface area (Å²) in [5.41, 5.74) is 1.66. The molecule has 1 aromatic rings. The largest absolute Gasteiger partial charge is 0.370 e. The van der Waals surface area contributed by atoms with Gasteiger partial charge >= 0.3 is 0 Å². The van der Waals surface area contributed by atoms with E-state index in [0.717, 1.165) is 11.6 Å². The first kappa shape index (κ1) is 14.0. The standard InChI is InChI=1S/C16H24N2O/c1-4-13-5-7-14(8-6-13)18(3)15-9-10-16(12(2)19)17-11-15/h9-11,13-14H,4-8H2,1-3H3. The highest BCUT2D eigenvalue weighted by atomic mass is 16.1. The van der Waals surface area contributed by atoms with Crippen molar-refractivity contribution in [3.63, 3.8) is 0 Å². The van der Waals surface area contributed by atoms with Gasteiger partial charge in [-0.25, -0.2) is 0 Å². The fourth-order valence-electron chi connectivity index (χ4n) is 2.95. The molecule has 0 amide bonds. The number of carbonyl (C=O) groups excluding carboxylic acids is 1. The molecular formula is C16H24N2O. The molecule has 3 heteroatoms. The zero-order chi connectivity index (χ0) is 13.8. The van der Waals surface area contributed by atoms with Crippen LogP contribution in [0.1, 0.15) is 56.4 Å². The molecule has 1 aromatic heterocycles. The molecule has 19 heavy (non-hydrogen) atoms. The summed E-state index contributed by atoms with van der Waals surface area (Å²) in [4.78, 5) is 17.8. The highest BCUT2D eigenvalue weighted by Crippen LogP contribution is 2.30. The van der Waals surface area contributed by atoms with Crippen molar-refractivity contribution in [3.8, 4) is 0 Å². The molecule has 0 aliphatic heterocycles. The topological polar surface area (TPSA) is 33.2 Å². The van der Waals surface area contributed by atoms with E-state index < -0.39 is 0 Å². The van der Waals surface area contributed by atoms with Gasteiger partial charge in [0.15, 0.2) is 5.78 Å². The first-order chi connectivity index (χ1) is 9.11. The zero-order valence-corrected chi connectivity index (χ0v) is 12.2. The lowest BCUT2D eigenvalue weighted by atomic mass is 9.84. The van der Waals surface area contributed by atoms with Gasteiger partial charge in [0, 0.05) is 20.0 Å². The number of rotatable bonds is 4. The van der Waals surface area contributed by atoms with Crippen LogP contribution in [0.25, 0.3) is 0 Å². The first-order valence-corrected chi connectivity index (χ1v) is 7.31. The molecule has 1 saturated carbocycles. The lowest BCUT2D eigenvalue weighted by Crippen LogP contribution is -2.35. The van der Waals surface area contributed by atoms with Gasteiger partial charge in [0.25, 0.3) is 0 Å². The summed E-state index contributed by atoms with van der Waals surface area (Å²) in [6.45, 7) is 3.84. The number of hydrogen-bond acceptors (Lipinski definition) is 3. The smallest absolute Gasteiger partial charge is 0.178 e. The van der Waals surface area contributed by atoms with E-state index in [1.807, 2.05) is 18.3 Å². The van der Waals surface area contributed by atoms with Gasteiger partial charge in [0.05, 0.1) is 11.9 Å². The minimum Gasteiger partial charge on any atom is -0.370 e. The van der Waals surface area contributed by atoms with Gasteiger partial charge in [-0.2, -0.15) is 0 Å². The van der Waals surface area contributed by atoms with Crippen molar-refractivity contribution in [1.82, 2.24) is 4.98 Å². The van der Waals surface area contributed by atoms with Gasteiger partial charge in [-0.1, -0.05) is 13.3 Å². The Morgan fingerprint density at radius 1 is 1.32 bits per heavy atom. The lowest BCUT2D eigenvalue weighted by molar-refractivity contribution is 0.101. The Bertz CT molecular complexity index is 419. The molecule has 1 aliphatic rings. The van der Waals surface area contributed by atoms with Crippen molar-refractivity contribution in [2.24, 2.45) is 5.92 Å². The second kappa shape index (κ2) is 6.18. The van der Waals surface area contributed by atoms with E-state index in [1.54, 1.807) is 6.92 Å². The van der Waals surface area contributed by atoms with Crippen molar-refractivity contribution in [3.05, 3.63) is 24.0 Å². The molecule has 0 unspecified atom stereocenters. The summed E-state index contributed by atoms with van der Waals surface area (Å²) in [7, 11) is 2.14. The Hall–Kier alpha value is -1.38. The minimum absolute atomic E-state index is 0.0256. The van der Waals surface area contributed by atoms with Gasteiger partial charge < -0.3 is 4.90 Å². The van der Waals surface area contributed by atoms with Crippen molar-refractivity contribution < 1.29 is 4.79 Å². The predicted octanol–water partition coefficient (Wildman–Crippen LogP) is 3.69. The average Bonchev–Trinajstić information content (AvgIpc) is 2.46. The Morgan fingerprint density at radius 2 is 2.00 bits per heavy atom. The summed E-state index contributed by atoms with van der Waals surface area (Å²) in [5, 5.41) is 0. The van der Waals surface area contributed by atoms with Gasteiger partial charge in [-0.15, -0.1) is 0 Å². The van der Waals surface area contributed by atoms with Crippen LogP contribution in [0.5, 0.6) is 0 Å². The molecular weight excluding hydrogens is 236 g/mol. The molecule has 0 spiro atoms. The first-order valence-electron chi connectivity index (χ1n) is 7.31. The normalized spacial score (nSPS) is 23.1. The quantitative estimate of drug-likeness (QED) is 0.774. The summed E-state index contributed by atoms with van der Waals surface area (Å²) >= 11 is 0. The van der Waals surface area contributed by atoms with Gasteiger partial charge in [-0.05, 0) is 43.7 Å². The Labute approximate surface area is 116 Å². The number of carbonyl (C=O) groups is 1. The second-order valence-corrected chi connectivity index (χ2v) is 5.65. The number of hydrogen-bond donors (Lipinski definition) is 0. The van der Waals surface area contributed by atoms with Crippen molar-refractivity contribution in [2.75, 3.05) is 11.9 Å². The van der Waals surface area contributed by atoms with Crippen LogP contribution in [-0.2, 0) is 0 Å². The van der Waals surface area contributed by atoms with E-state index in [0.29, 0.717) is 11.7 Å². The maximum absolute atomic E-state index is 11.2. The monoisotopic (exact) mass is 260 g/mol. The second-order valence-electron chi connectivity index (χ2n) is 5.65. The molecule has 0 aromatic carbocycles. The van der Waals surface area contributed by atoms with E-state index in [2.05, 4.69) is 23.9 Å². The number of Topliss-reactive ketones (excluding diaryl/α,β-unsaturated/α-hetero) is 1. The number of pyridine rings is 1. The molecule has 0 N–H and O–H groups in total. The maximum atomic E-state index is 11.2. The van der Waals surface area contributed by atoms with E-state index in [1.165, 1.54) is 32.1 Å². The average molecular weight is 260 g/mol. The maximum Gasteiger partial charge on any atom is 0.178 e. The molecule has 0 saturated heterocycles. The highest BCUT2D eigenvalue weighted by Gasteiger charge is 2.23. The van der Waals surface area contributed by atoms with Crippen LogP contribution in [0.15, 0.2) is 18.3 Å². The fourth-order valence-corrected chi connectivity index (χ4v) is 2.95. The van der Waals surface area contributed by atoms with E-state index in [-0.39, 0.29) is 5.78 Å². The summed E-state index contributed by atoms with van der Waals surface area (Å²) < 4.78 is 0. The van der Waals surface area contributed by atoms with Crippen LogP contribution in [0.3, 0.4) is 0 Å². The molecule has 0 atom stereocenters. The Balaban J connectivity index is 1.99. The van der Waals surface area contributed by atoms with Crippen LogP contribution in [0, 0.1) is 5.92 Å². The fraction of sp³-hybridized carbons (Fsp3) is 0.625. The van der Waals surface area contributed by atoms with Crippen molar-refractivity contribution >= 4 is 11.5 Å². The number of anilines is 1.